The summed E-state index contributed by atoms with van der Waals surface area (Å²) in [7, 11) is 1.69. The predicted molar refractivity (Wildman–Crippen MR) is 63.8 cm³/mol. The fourth-order valence-electron chi connectivity index (χ4n) is 2.33. The molecule has 1 saturated heterocycles. The van der Waals surface area contributed by atoms with E-state index >= 15 is 0 Å². The second-order valence-corrected chi connectivity index (χ2v) is 4.33. The van der Waals surface area contributed by atoms with E-state index in [2.05, 4.69) is 12.1 Å². The molecule has 3 heteroatoms. The predicted octanol–water partition coefficient (Wildman–Crippen LogP) is 1.70. The Morgan fingerprint density at radius 2 is 2.12 bits per heavy atom. The average molecular weight is 221 g/mol. The third-order valence-electron chi connectivity index (χ3n) is 3.52. The topological polar surface area (TPSA) is 44.5 Å². The highest BCUT2D eigenvalue weighted by molar-refractivity contribution is 5.34. The van der Waals surface area contributed by atoms with Crippen LogP contribution in [-0.2, 0) is 10.2 Å². The van der Waals surface area contributed by atoms with Gasteiger partial charge in [-0.3, -0.25) is 0 Å². The SMILES string of the molecule is COc1cccc(C2(CN)CCOCC2)c1. The lowest BCUT2D eigenvalue weighted by Crippen LogP contribution is -2.40. The largest absolute Gasteiger partial charge is 0.497 e. The molecule has 0 aromatic heterocycles. The Balaban J connectivity index is 2.31. The third kappa shape index (κ3) is 2.06. The Kier molecular flexibility index (Phi) is 3.46. The van der Waals surface area contributed by atoms with Gasteiger partial charge in [-0.15, -0.1) is 0 Å². The van der Waals surface area contributed by atoms with Crippen molar-refractivity contribution in [3.8, 4) is 5.75 Å². The Labute approximate surface area is 96.5 Å². The van der Waals surface area contributed by atoms with Gasteiger partial charge in [0.25, 0.3) is 0 Å². The highest BCUT2D eigenvalue weighted by Gasteiger charge is 2.33. The zero-order valence-corrected chi connectivity index (χ0v) is 9.74. The van der Waals surface area contributed by atoms with Gasteiger partial charge in [0, 0.05) is 25.2 Å². The maximum Gasteiger partial charge on any atom is 0.119 e. The molecule has 1 heterocycles. The van der Waals surface area contributed by atoms with Crippen LogP contribution < -0.4 is 10.5 Å². The molecule has 1 aliphatic rings. The van der Waals surface area contributed by atoms with Crippen LogP contribution in [0.2, 0.25) is 0 Å². The van der Waals surface area contributed by atoms with Gasteiger partial charge in [-0.25, -0.2) is 0 Å². The minimum absolute atomic E-state index is 0.0762. The first-order valence-electron chi connectivity index (χ1n) is 5.73. The molecule has 1 aromatic rings. The Morgan fingerprint density at radius 1 is 1.38 bits per heavy atom. The molecule has 2 N–H and O–H groups in total. The van der Waals surface area contributed by atoms with E-state index in [1.807, 2.05) is 12.1 Å². The number of methoxy groups -OCH3 is 1. The minimum atomic E-state index is 0.0762. The smallest absolute Gasteiger partial charge is 0.119 e. The summed E-state index contributed by atoms with van der Waals surface area (Å²) in [6, 6.07) is 8.23. The van der Waals surface area contributed by atoms with E-state index in [9.17, 15) is 0 Å². The van der Waals surface area contributed by atoms with Crippen LogP contribution >= 0.6 is 0 Å². The molecule has 0 radical (unpaired) electrons. The summed E-state index contributed by atoms with van der Waals surface area (Å²) in [5, 5.41) is 0. The summed E-state index contributed by atoms with van der Waals surface area (Å²) in [5.74, 6) is 0.900. The third-order valence-corrected chi connectivity index (χ3v) is 3.52. The van der Waals surface area contributed by atoms with Gasteiger partial charge in [-0.2, -0.15) is 0 Å². The molecule has 0 atom stereocenters. The highest BCUT2D eigenvalue weighted by Crippen LogP contribution is 2.35. The zero-order chi connectivity index (χ0) is 11.4. The van der Waals surface area contributed by atoms with Crippen molar-refractivity contribution in [1.29, 1.82) is 0 Å². The van der Waals surface area contributed by atoms with Gasteiger partial charge in [0.15, 0.2) is 0 Å². The highest BCUT2D eigenvalue weighted by atomic mass is 16.5. The first kappa shape index (κ1) is 11.4. The summed E-state index contributed by atoms with van der Waals surface area (Å²) in [4.78, 5) is 0. The second kappa shape index (κ2) is 4.85. The molecular formula is C13H19NO2. The van der Waals surface area contributed by atoms with E-state index < -0.39 is 0 Å². The Bertz CT molecular complexity index is 346. The molecule has 0 amide bonds. The van der Waals surface area contributed by atoms with Gasteiger partial charge < -0.3 is 15.2 Å². The molecular weight excluding hydrogens is 202 g/mol. The van der Waals surface area contributed by atoms with Gasteiger partial charge in [-0.1, -0.05) is 12.1 Å². The monoisotopic (exact) mass is 221 g/mol. The minimum Gasteiger partial charge on any atom is -0.497 e. The van der Waals surface area contributed by atoms with Crippen LogP contribution in [0.15, 0.2) is 24.3 Å². The van der Waals surface area contributed by atoms with Gasteiger partial charge in [-0.05, 0) is 30.5 Å². The lowest BCUT2D eigenvalue weighted by molar-refractivity contribution is 0.0529. The summed E-state index contributed by atoms with van der Waals surface area (Å²) in [6.07, 6.45) is 1.99. The molecule has 0 unspecified atom stereocenters. The van der Waals surface area contributed by atoms with Crippen molar-refractivity contribution in [2.45, 2.75) is 18.3 Å². The van der Waals surface area contributed by atoms with Crippen LogP contribution in [0, 0.1) is 0 Å². The Morgan fingerprint density at radius 3 is 2.75 bits per heavy atom. The number of hydrogen-bond acceptors (Lipinski definition) is 3. The lowest BCUT2D eigenvalue weighted by atomic mass is 9.74. The van der Waals surface area contributed by atoms with E-state index in [-0.39, 0.29) is 5.41 Å². The van der Waals surface area contributed by atoms with Crippen LogP contribution in [-0.4, -0.2) is 26.9 Å². The number of rotatable bonds is 3. The maximum absolute atomic E-state index is 5.97. The number of benzene rings is 1. The van der Waals surface area contributed by atoms with Crippen molar-refractivity contribution in [1.82, 2.24) is 0 Å². The summed E-state index contributed by atoms with van der Waals surface area (Å²) in [5.41, 5.74) is 7.32. The number of hydrogen-bond donors (Lipinski definition) is 1. The Hall–Kier alpha value is -1.06. The van der Waals surface area contributed by atoms with Gasteiger partial charge in [0.2, 0.25) is 0 Å². The second-order valence-electron chi connectivity index (χ2n) is 4.33. The maximum atomic E-state index is 5.97. The number of nitrogens with two attached hydrogens (primary N) is 1. The van der Waals surface area contributed by atoms with E-state index in [1.165, 1.54) is 5.56 Å². The molecule has 0 aliphatic carbocycles. The molecule has 88 valence electrons. The van der Waals surface area contributed by atoms with Crippen molar-refractivity contribution in [3.63, 3.8) is 0 Å². The molecule has 3 nitrogen and oxygen atoms in total. The normalized spacial score (nSPS) is 19.4. The average Bonchev–Trinajstić information content (AvgIpc) is 2.39. The van der Waals surface area contributed by atoms with Crippen LogP contribution in [0.3, 0.4) is 0 Å². The van der Waals surface area contributed by atoms with E-state index in [0.29, 0.717) is 6.54 Å². The van der Waals surface area contributed by atoms with Crippen molar-refractivity contribution >= 4 is 0 Å². The van der Waals surface area contributed by atoms with Crippen molar-refractivity contribution in [2.75, 3.05) is 26.9 Å². The fraction of sp³-hybridized carbons (Fsp3) is 0.538. The fourth-order valence-corrected chi connectivity index (χ4v) is 2.33. The van der Waals surface area contributed by atoms with E-state index in [1.54, 1.807) is 7.11 Å². The molecule has 1 aliphatic heterocycles. The quantitative estimate of drug-likeness (QED) is 0.845. The van der Waals surface area contributed by atoms with Crippen molar-refractivity contribution < 1.29 is 9.47 Å². The summed E-state index contributed by atoms with van der Waals surface area (Å²) >= 11 is 0. The molecule has 0 spiro atoms. The molecule has 2 rings (SSSR count). The van der Waals surface area contributed by atoms with Crippen LogP contribution in [0.1, 0.15) is 18.4 Å². The molecule has 16 heavy (non-hydrogen) atoms. The molecule has 1 fully saturated rings. The first-order chi connectivity index (χ1) is 7.80. The standard InChI is InChI=1S/C13H19NO2/c1-15-12-4-2-3-11(9-12)13(10-14)5-7-16-8-6-13/h2-4,9H,5-8,10,14H2,1H3. The van der Waals surface area contributed by atoms with Gasteiger partial charge >= 0.3 is 0 Å². The summed E-state index contributed by atoms with van der Waals surface area (Å²) in [6.45, 7) is 2.27. The number of ether oxygens (including phenoxy) is 2. The zero-order valence-electron chi connectivity index (χ0n) is 9.74. The van der Waals surface area contributed by atoms with Crippen molar-refractivity contribution in [2.24, 2.45) is 5.73 Å². The van der Waals surface area contributed by atoms with E-state index in [4.69, 9.17) is 15.2 Å². The van der Waals surface area contributed by atoms with Crippen LogP contribution in [0.25, 0.3) is 0 Å². The first-order valence-corrected chi connectivity index (χ1v) is 5.73. The van der Waals surface area contributed by atoms with E-state index in [0.717, 1.165) is 31.8 Å². The molecule has 1 aromatic carbocycles. The van der Waals surface area contributed by atoms with Gasteiger partial charge in [0.1, 0.15) is 5.75 Å². The summed E-state index contributed by atoms with van der Waals surface area (Å²) < 4.78 is 10.7. The van der Waals surface area contributed by atoms with Crippen LogP contribution in [0.4, 0.5) is 0 Å². The van der Waals surface area contributed by atoms with Crippen LogP contribution in [0.5, 0.6) is 5.75 Å². The molecule has 0 saturated carbocycles. The van der Waals surface area contributed by atoms with Gasteiger partial charge in [0.05, 0.1) is 7.11 Å². The lowest BCUT2D eigenvalue weighted by Gasteiger charge is -2.36. The molecule has 0 bridgehead atoms. The van der Waals surface area contributed by atoms with Crippen molar-refractivity contribution in [3.05, 3.63) is 29.8 Å².